The molecule has 0 spiro atoms. The number of carbonyl (C=O) groups is 1. The highest BCUT2D eigenvalue weighted by molar-refractivity contribution is 5.94. The van der Waals surface area contributed by atoms with Gasteiger partial charge in [-0.3, -0.25) is 4.79 Å². The Kier molecular flexibility index (Phi) is 12.7. The average Bonchev–Trinajstić information content (AvgIpc) is 2.70. The van der Waals surface area contributed by atoms with Gasteiger partial charge in [-0.05, 0) is 25.0 Å². The summed E-state index contributed by atoms with van der Waals surface area (Å²) in [5.74, 6) is -2.11. The van der Waals surface area contributed by atoms with E-state index in [1.54, 1.807) is 0 Å². The lowest BCUT2D eigenvalue weighted by Gasteiger charge is -2.23. The third kappa shape index (κ3) is 9.48. The highest BCUT2D eigenvalue weighted by atomic mass is 19.4. The summed E-state index contributed by atoms with van der Waals surface area (Å²) in [7, 11) is 0. The van der Waals surface area contributed by atoms with E-state index in [2.05, 4.69) is 6.92 Å². The zero-order valence-electron chi connectivity index (χ0n) is 18.5. The molecule has 0 aliphatic carbocycles. The lowest BCUT2D eigenvalue weighted by Crippen LogP contribution is -2.34. The number of rotatable bonds is 15. The third-order valence-electron chi connectivity index (χ3n) is 5.38. The van der Waals surface area contributed by atoms with Gasteiger partial charge in [-0.15, -0.1) is 0 Å². The Morgan fingerprint density at radius 2 is 1.27 bits per heavy atom. The molecule has 1 aromatic rings. The van der Waals surface area contributed by atoms with E-state index in [0.717, 1.165) is 57.1 Å². The molecule has 0 atom stereocenters. The van der Waals surface area contributed by atoms with Crippen LogP contribution in [0.25, 0.3) is 0 Å². The topological polar surface area (TPSA) is 20.3 Å². The van der Waals surface area contributed by atoms with Crippen molar-refractivity contribution in [3.05, 3.63) is 35.1 Å². The van der Waals surface area contributed by atoms with Crippen molar-refractivity contribution in [2.24, 2.45) is 0 Å². The highest BCUT2D eigenvalue weighted by Gasteiger charge is 2.36. The predicted molar refractivity (Wildman–Crippen MR) is 114 cm³/mol. The first-order valence-corrected chi connectivity index (χ1v) is 11.5. The van der Waals surface area contributed by atoms with Gasteiger partial charge in [0.2, 0.25) is 0 Å². The summed E-state index contributed by atoms with van der Waals surface area (Å²) in [4.78, 5) is 14.3. The minimum Gasteiger partial charge on any atom is -0.339 e. The van der Waals surface area contributed by atoms with Crippen molar-refractivity contribution < 1.29 is 22.4 Å². The van der Waals surface area contributed by atoms with Gasteiger partial charge in [-0.1, -0.05) is 84.1 Å². The fraction of sp³-hybridized carbons (Fsp3) is 0.708. The van der Waals surface area contributed by atoms with Gasteiger partial charge in [0, 0.05) is 13.1 Å². The molecule has 172 valence electrons. The van der Waals surface area contributed by atoms with E-state index in [0.29, 0.717) is 19.2 Å². The summed E-state index contributed by atoms with van der Waals surface area (Å²) in [5.41, 5.74) is -1.87. The molecule has 0 N–H and O–H groups in total. The van der Waals surface area contributed by atoms with E-state index >= 15 is 0 Å². The van der Waals surface area contributed by atoms with Crippen molar-refractivity contribution in [2.75, 3.05) is 13.1 Å². The van der Waals surface area contributed by atoms with Crippen LogP contribution < -0.4 is 0 Å². The van der Waals surface area contributed by atoms with Gasteiger partial charge in [0.15, 0.2) is 0 Å². The molecule has 2 nitrogen and oxygen atoms in total. The number of nitrogens with zero attached hydrogens (tertiary/aromatic N) is 1. The second kappa shape index (κ2) is 14.4. The Morgan fingerprint density at radius 1 is 0.800 bits per heavy atom. The number of alkyl halides is 3. The van der Waals surface area contributed by atoms with Crippen molar-refractivity contribution in [1.29, 1.82) is 0 Å². The van der Waals surface area contributed by atoms with Crippen LogP contribution in [0.5, 0.6) is 0 Å². The van der Waals surface area contributed by atoms with Gasteiger partial charge in [-0.2, -0.15) is 13.2 Å². The Morgan fingerprint density at radius 3 is 1.80 bits per heavy atom. The van der Waals surface area contributed by atoms with Gasteiger partial charge in [0.05, 0.1) is 11.1 Å². The van der Waals surface area contributed by atoms with E-state index in [9.17, 15) is 22.4 Å². The van der Waals surface area contributed by atoms with Gasteiger partial charge in [-0.25, -0.2) is 4.39 Å². The highest BCUT2D eigenvalue weighted by Crippen LogP contribution is 2.32. The van der Waals surface area contributed by atoms with Gasteiger partial charge < -0.3 is 4.90 Å². The molecule has 0 aliphatic rings. The first-order chi connectivity index (χ1) is 14.3. The number of hydrogen-bond acceptors (Lipinski definition) is 1. The molecule has 0 aromatic heterocycles. The molecular formula is C24H37F4NO. The molecule has 30 heavy (non-hydrogen) atoms. The SMILES string of the molecule is CCCCCCCCCCCN(CCCCC)C(=O)c1cccc(C(F)(F)F)c1F. The van der Waals surface area contributed by atoms with Crippen LogP contribution in [0, 0.1) is 5.82 Å². The minimum atomic E-state index is -4.81. The third-order valence-corrected chi connectivity index (χ3v) is 5.38. The second-order valence-corrected chi connectivity index (χ2v) is 7.99. The maximum absolute atomic E-state index is 14.4. The molecule has 0 saturated heterocycles. The lowest BCUT2D eigenvalue weighted by atomic mass is 10.1. The fourth-order valence-corrected chi connectivity index (χ4v) is 3.57. The number of hydrogen-bond donors (Lipinski definition) is 0. The molecule has 0 fully saturated rings. The monoisotopic (exact) mass is 431 g/mol. The molecule has 0 radical (unpaired) electrons. The van der Waals surface area contributed by atoms with Crippen LogP contribution in [0.15, 0.2) is 18.2 Å². The molecule has 0 saturated carbocycles. The number of carbonyl (C=O) groups excluding carboxylic acids is 1. The smallest absolute Gasteiger partial charge is 0.339 e. The van der Waals surface area contributed by atoms with Crippen molar-refractivity contribution in [2.45, 2.75) is 97.1 Å². The van der Waals surface area contributed by atoms with Gasteiger partial charge in [0.1, 0.15) is 5.82 Å². The standard InChI is InChI=1S/C24H37F4NO/c1-3-5-7-8-9-10-11-12-14-19-29(18-13-6-4-2)23(30)20-16-15-17-21(22(20)25)24(26,27)28/h15-17H,3-14,18-19H2,1-2H3. The van der Waals surface area contributed by atoms with E-state index < -0.39 is 29.0 Å². The normalized spacial score (nSPS) is 11.7. The van der Waals surface area contributed by atoms with Crippen LogP contribution in [-0.4, -0.2) is 23.9 Å². The summed E-state index contributed by atoms with van der Waals surface area (Å²) in [6.45, 7) is 5.13. The average molecular weight is 432 g/mol. The van der Waals surface area contributed by atoms with Gasteiger partial charge in [0.25, 0.3) is 5.91 Å². The Balaban J connectivity index is 2.64. The number of unbranched alkanes of at least 4 members (excludes halogenated alkanes) is 10. The zero-order chi connectivity index (χ0) is 22.4. The number of amides is 1. The zero-order valence-corrected chi connectivity index (χ0v) is 18.5. The molecule has 0 aliphatic heterocycles. The first kappa shape index (κ1) is 26.4. The number of halogens is 4. The number of benzene rings is 1. The molecule has 0 unspecified atom stereocenters. The van der Waals surface area contributed by atoms with Crippen LogP contribution >= 0.6 is 0 Å². The van der Waals surface area contributed by atoms with E-state index in [4.69, 9.17) is 0 Å². The maximum atomic E-state index is 14.4. The quantitative estimate of drug-likeness (QED) is 0.203. The molecular weight excluding hydrogens is 394 g/mol. The van der Waals surface area contributed by atoms with E-state index in [1.807, 2.05) is 6.92 Å². The van der Waals surface area contributed by atoms with E-state index in [-0.39, 0.29) is 0 Å². The summed E-state index contributed by atoms with van der Waals surface area (Å²) >= 11 is 0. The van der Waals surface area contributed by atoms with Crippen LogP contribution in [0.2, 0.25) is 0 Å². The lowest BCUT2D eigenvalue weighted by molar-refractivity contribution is -0.140. The predicted octanol–water partition coefficient (Wildman–Crippen LogP) is 8.01. The Labute approximate surface area is 179 Å². The fourth-order valence-electron chi connectivity index (χ4n) is 3.57. The maximum Gasteiger partial charge on any atom is 0.419 e. The summed E-state index contributed by atoms with van der Waals surface area (Å²) in [6.07, 6.45) is 8.10. The molecule has 1 rings (SSSR count). The Hall–Kier alpha value is -1.59. The molecule has 0 bridgehead atoms. The minimum absolute atomic E-state index is 0.444. The van der Waals surface area contributed by atoms with Crippen LogP contribution in [0.1, 0.15) is 107 Å². The molecule has 6 heteroatoms. The van der Waals surface area contributed by atoms with E-state index in [1.165, 1.54) is 37.0 Å². The molecule has 0 heterocycles. The van der Waals surface area contributed by atoms with Crippen molar-refractivity contribution in [3.8, 4) is 0 Å². The van der Waals surface area contributed by atoms with Crippen molar-refractivity contribution in [3.63, 3.8) is 0 Å². The van der Waals surface area contributed by atoms with Crippen LogP contribution in [-0.2, 0) is 6.18 Å². The summed E-state index contributed by atoms with van der Waals surface area (Å²) in [6, 6.07) is 2.92. The molecule has 1 aromatic carbocycles. The van der Waals surface area contributed by atoms with Crippen LogP contribution in [0.3, 0.4) is 0 Å². The largest absolute Gasteiger partial charge is 0.419 e. The first-order valence-electron chi connectivity index (χ1n) is 11.5. The summed E-state index contributed by atoms with van der Waals surface area (Å²) < 4.78 is 53.4. The molecule has 1 amide bonds. The Bertz CT molecular complexity index is 616. The summed E-state index contributed by atoms with van der Waals surface area (Å²) in [5, 5.41) is 0. The van der Waals surface area contributed by atoms with Gasteiger partial charge >= 0.3 is 6.18 Å². The van der Waals surface area contributed by atoms with Crippen molar-refractivity contribution in [1.82, 2.24) is 4.90 Å². The van der Waals surface area contributed by atoms with Crippen molar-refractivity contribution >= 4 is 5.91 Å². The second-order valence-electron chi connectivity index (χ2n) is 7.99. The van der Waals surface area contributed by atoms with Crippen LogP contribution in [0.4, 0.5) is 17.6 Å².